The summed E-state index contributed by atoms with van der Waals surface area (Å²) in [5.74, 6) is 0.396. The summed E-state index contributed by atoms with van der Waals surface area (Å²) in [5.41, 5.74) is 2.84. The second-order valence-corrected chi connectivity index (χ2v) is 6.92. The lowest BCUT2D eigenvalue weighted by atomic mass is 9.97. The molecule has 1 aliphatic carbocycles. The lowest BCUT2D eigenvalue weighted by molar-refractivity contribution is 0.0927. The van der Waals surface area contributed by atoms with Gasteiger partial charge < -0.3 is 5.32 Å². The predicted octanol–water partition coefficient (Wildman–Crippen LogP) is 2.95. The summed E-state index contributed by atoms with van der Waals surface area (Å²) in [6.45, 7) is 3.79. The highest BCUT2D eigenvalue weighted by atomic mass is 19.1. The number of aromatic nitrogens is 4. The molecule has 2 unspecified atom stereocenters. The molecule has 6 nitrogen and oxygen atoms in total. The summed E-state index contributed by atoms with van der Waals surface area (Å²) in [4.78, 5) is 21.1. The van der Waals surface area contributed by atoms with Gasteiger partial charge in [0.2, 0.25) is 5.82 Å². The van der Waals surface area contributed by atoms with E-state index >= 15 is 0 Å². The minimum absolute atomic E-state index is 0.0694. The molecule has 3 aromatic rings. The van der Waals surface area contributed by atoms with Crippen LogP contribution in [0, 0.1) is 19.7 Å². The zero-order valence-corrected chi connectivity index (χ0v) is 14.7. The molecule has 2 heterocycles. The van der Waals surface area contributed by atoms with Crippen molar-refractivity contribution in [2.75, 3.05) is 0 Å². The van der Waals surface area contributed by atoms with E-state index in [2.05, 4.69) is 20.4 Å². The quantitative estimate of drug-likeness (QED) is 0.786. The fourth-order valence-corrected chi connectivity index (χ4v) is 3.66. The van der Waals surface area contributed by atoms with Crippen molar-refractivity contribution in [3.05, 3.63) is 58.9 Å². The number of carbonyl (C=O) groups excluding carboxylic acids is 1. The van der Waals surface area contributed by atoms with Crippen LogP contribution in [0.25, 0.3) is 5.78 Å². The van der Waals surface area contributed by atoms with Crippen LogP contribution in [0.1, 0.15) is 52.8 Å². The molecular formula is C19H20FN5O. The first-order valence-electron chi connectivity index (χ1n) is 8.77. The monoisotopic (exact) mass is 353 g/mol. The number of halogens is 1. The number of benzene rings is 1. The van der Waals surface area contributed by atoms with Crippen molar-refractivity contribution in [3.8, 4) is 0 Å². The van der Waals surface area contributed by atoms with Gasteiger partial charge >= 0.3 is 0 Å². The summed E-state index contributed by atoms with van der Waals surface area (Å²) in [5, 5.41) is 7.29. The van der Waals surface area contributed by atoms with Crippen LogP contribution in [-0.2, 0) is 0 Å². The van der Waals surface area contributed by atoms with Gasteiger partial charge in [-0.15, -0.1) is 5.10 Å². The number of hydrogen-bond acceptors (Lipinski definition) is 4. The zero-order valence-electron chi connectivity index (χ0n) is 14.7. The summed E-state index contributed by atoms with van der Waals surface area (Å²) in [7, 11) is 0. The lowest BCUT2D eigenvalue weighted by Crippen LogP contribution is -2.33. The predicted molar refractivity (Wildman–Crippen MR) is 94.5 cm³/mol. The van der Waals surface area contributed by atoms with Crippen LogP contribution in [0.2, 0.25) is 0 Å². The Bertz CT molecular complexity index is 966. The Balaban J connectivity index is 1.45. The molecule has 1 saturated carbocycles. The third-order valence-corrected chi connectivity index (χ3v) is 4.93. The van der Waals surface area contributed by atoms with E-state index in [1.807, 2.05) is 32.0 Å². The van der Waals surface area contributed by atoms with Crippen LogP contribution >= 0.6 is 0 Å². The van der Waals surface area contributed by atoms with E-state index in [0.717, 1.165) is 36.2 Å². The van der Waals surface area contributed by atoms with Gasteiger partial charge in [-0.2, -0.15) is 4.98 Å². The number of aryl methyl sites for hydroxylation is 2. The molecule has 0 aliphatic heterocycles. The maximum atomic E-state index is 13.1. The van der Waals surface area contributed by atoms with E-state index in [4.69, 9.17) is 0 Å². The molecule has 7 heteroatoms. The minimum atomic E-state index is -0.280. The van der Waals surface area contributed by atoms with Crippen LogP contribution in [0.4, 0.5) is 4.39 Å². The fourth-order valence-electron chi connectivity index (χ4n) is 3.66. The van der Waals surface area contributed by atoms with Crippen molar-refractivity contribution < 1.29 is 9.18 Å². The molecule has 0 radical (unpaired) electrons. The van der Waals surface area contributed by atoms with Crippen LogP contribution in [0.15, 0.2) is 30.3 Å². The Morgan fingerprint density at radius 1 is 1.19 bits per heavy atom. The van der Waals surface area contributed by atoms with Crippen molar-refractivity contribution in [3.63, 3.8) is 0 Å². The highest BCUT2D eigenvalue weighted by molar-refractivity contribution is 5.91. The van der Waals surface area contributed by atoms with E-state index in [9.17, 15) is 9.18 Å². The van der Waals surface area contributed by atoms with Crippen molar-refractivity contribution >= 4 is 11.7 Å². The van der Waals surface area contributed by atoms with Crippen molar-refractivity contribution in [2.45, 2.75) is 45.1 Å². The molecule has 1 amide bonds. The highest BCUT2D eigenvalue weighted by Gasteiger charge is 2.28. The van der Waals surface area contributed by atoms with Gasteiger partial charge in [-0.25, -0.2) is 13.9 Å². The van der Waals surface area contributed by atoms with E-state index < -0.39 is 0 Å². The van der Waals surface area contributed by atoms with Gasteiger partial charge in [-0.3, -0.25) is 4.79 Å². The van der Waals surface area contributed by atoms with Gasteiger partial charge in [-0.1, -0.05) is 12.1 Å². The highest BCUT2D eigenvalue weighted by Crippen LogP contribution is 2.34. The Kier molecular flexibility index (Phi) is 4.14. The molecule has 0 spiro atoms. The normalized spacial score (nSPS) is 19.8. The smallest absolute Gasteiger partial charge is 0.291 e. The number of carbonyl (C=O) groups is 1. The minimum Gasteiger partial charge on any atom is -0.347 e. The summed E-state index contributed by atoms with van der Waals surface area (Å²) in [6.07, 6.45) is 2.69. The topological polar surface area (TPSA) is 72.2 Å². The molecule has 1 fully saturated rings. The molecule has 1 N–H and O–H groups in total. The molecule has 2 atom stereocenters. The van der Waals surface area contributed by atoms with Crippen LogP contribution in [-0.4, -0.2) is 31.5 Å². The SMILES string of the molecule is Cc1cc(C)n2nc(C(=O)NC3CCC(c4ccc(F)cc4)C3)nc2n1. The third-order valence-electron chi connectivity index (χ3n) is 4.93. The van der Waals surface area contributed by atoms with Crippen LogP contribution in [0.5, 0.6) is 0 Å². The van der Waals surface area contributed by atoms with Gasteiger partial charge in [0.1, 0.15) is 5.82 Å². The summed E-state index contributed by atoms with van der Waals surface area (Å²) in [6, 6.07) is 8.58. The van der Waals surface area contributed by atoms with Crippen molar-refractivity contribution in [1.29, 1.82) is 0 Å². The maximum Gasteiger partial charge on any atom is 0.291 e. The number of nitrogens with zero attached hydrogens (tertiary/aromatic N) is 4. The van der Waals surface area contributed by atoms with Crippen LogP contribution in [0.3, 0.4) is 0 Å². The number of hydrogen-bond donors (Lipinski definition) is 1. The van der Waals surface area contributed by atoms with Gasteiger partial charge in [-0.05, 0) is 62.8 Å². The number of fused-ring (bicyclic) bond motifs is 1. The van der Waals surface area contributed by atoms with E-state index in [1.54, 1.807) is 4.52 Å². The fraction of sp³-hybridized carbons (Fsp3) is 0.368. The molecule has 4 rings (SSSR count). The van der Waals surface area contributed by atoms with E-state index in [1.165, 1.54) is 12.1 Å². The lowest BCUT2D eigenvalue weighted by Gasteiger charge is -2.12. The zero-order chi connectivity index (χ0) is 18.3. The number of amides is 1. The first-order chi connectivity index (χ1) is 12.5. The average Bonchev–Trinajstić information content (AvgIpc) is 3.22. The molecule has 2 aromatic heterocycles. The Morgan fingerprint density at radius 2 is 1.96 bits per heavy atom. The summed E-state index contributed by atoms with van der Waals surface area (Å²) < 4.78 is 14.7. The molecule has 0 bridgehead atoms. The summed E-state index contributed by atoms with van der Waals surface area (Å²) >= 11 is 0. The van der Waals surface area contributed by atoms with E-state index in [0.29, 0.717) is 11.7 Å². The molecule has 1 aromatic carbocycles. The third kappa shape index (κ3) is 3.16. The maximum absolute atomic E-state index is 13.1. The van der Waals surface area contributed by atoms with Gasteiger partial charge in [0.05, 0.1) is 0 Å². The second-order valence-electron chi connectivity index (χ2n) is 6.92. The van der Waals surface area contributed by atoms with E-state index in [-0.39, 0.29) is 23.6 Å². The molecule has 134 valence electrons. The van der Waals surface area contributed by atoms with Crippen LogP contribution < -0.4 is 5.32 Å². The Morgan fingerprint density at radius 3 is 2.73 bits per heavy atom. The number of nitrogens with one attached hydrogen (secondary N) is 1. The van der Waals surface area contributed by atoms with Crippen molar-refractivity contribution in [2.24, 2.45) is 0 Å². The molecule has 0 saturated heterocycles. The van der Waals surface area contributed by atoms with Crippen molar-refractivity contribution in [1.82, 2.24) is 24.9 Å². The Hall–Kier alpha value is -2.83. The largest absolute Gasteiger partial charge is 0.347 e. The molecular weight excluding hydrogens is 333 g/mol. The first-order valence-corrected chi connectivity index (χ1v) is 8.77. The standard InChI is InChI=1S/C19H20FN5O/c1-11-9-12(2)25-19(21-11)23-17(24-25)18(26)22-16-8-5-14(10-16)13-3-6-15(20)7-4-13/h3-4,6-7,9,14,16H,5,8,10H2,1-2H3,(H,22,26). The van der Waals surface area contributed by atoms with Gasteiger partial charge in [0.15, 0.2) is 0 Å². The number of rotatable bonds is 3. The Labute approximate surface area is 150 Å². The molecule has 1 aliphatic rings. The van der Waals surface area contributed by atoms with Gasteiger partial charge in [0, 0.05) is 17.4 Å². The second kappa shape index (κ2) is 6.48. The first kappa shape index (κ1) is 16.6. The molecule has 26 heavy (non-hydrogen) atoms. The average molecular weight is 353 g/mol. The van der Waals surface area contributed by atoms with Gasteiger partial charge in [0.25, 0.3) is 11.7 Å².